The SMILES string of the molecule is C=C/C=C(\C=C/C)C(=C1\C2=C(C=CCC2)c2ccc(C)cc21)/c1ccccc1. The van der Waals surface area contributed by atoms with E-state index >= 15 is 0 Å². The Balaban J connectivity index is 2.12. The average molecular weight is 363 g/mol. The Hall–Kier alpha value is -3.12. The van der Waals surface area contributed by atoms with E-state index in [-0.39, 0.29) is 0 Å². The summed E-state index contributed by atoms with van der Waals surface area (Å²) >= 11 is 0. The highest BCUT2D eigenvalue weighted by Gasteiger charge is 2.29. The Morgan fingerprint density at radius 2 is 1.86 bits per heavy atom. The number of hydrogen-bond donors (Lipinski definition) is 0. The fourth-order valence-corrected chi connectivity index (χ4v) is 4.31. The third kappa shape index (κ3) is 3.16. The smallest absolute Gasteiger partial charge is 0.00297 e. The molecule has 0 heterocycles. The van der Waals surface area contributed by atoms with Crippen LogP contribution in [0.25, 0.3) is 16.7 Å². The number of benzene rings is 2. The summed E-state index contributed by atoms with van der Waals surface area (Å²) in [6.07, 6.45) is 15.1. The van der Waals surface area contributed by atoms with Gasteiger partial charge in [-0.3, -0.25) is 0 Å². The summed E-state index contributed by atoms with van der Waals surface area (Å²) in [6.45, 7) is 8.22. The first-order chi connectivity index (χ1) is 13.7. The summed E-state index contributed by atoms with van der Waals surface area (Å²) < 4.78 is 0. The van der Waals surface area contributed by atoms with Gasteiger partial charge in [-0.2, -0.15) is 0 Å². The van der Waals surface area contributed by atoms with Crippen LogP contribution in [0.15, 0.2) is 103 Å². The molecule has 0 N–H and O–H groups in total. The van der Waals surface area contributed by atoms with Crippen molar-refractivity contribution in [3.63, 3.8) is 0 Å². The maximum atomic E-state index is 3.97. The molecule has 0 nitrogen and oxygen atoms in total. The van der Waals surface area contributed by atoms with E-state index < -0.39 is 0 Å². The van der Waals surface area contributed by atoms with Crippen molar-refractivity contribution in [1.82, 2.24) is 0 Å². The predicted octanol–water partition coefficient (Wildman–Crippen LogP) is 7.71. The van der Waals surface area contributed by atoms with E-state index in [1.807, 2.05) is 6.08 Å². The summed E-state index contributed by atoms with van der Waals surface area (Å²) in [5.74, 6) is 0. The monoisotopic (exact) mass is 362 g/mol. The molecule has 0 aliphatic heterocycles. The van der Waals surface area contributed by atoms with Crippen LogP contribution in [-0.4, -0.2) is 0 Å². The second-order valence-corrected chi connectivity index (χ2v) is 7.36. The third-order valence-electron chi connectivity index (χ3n) is 5.45. The number of rotatable bonds is 4. The lowest BCUT2D eigenvalue weighted by atomic mass is 9.85. The highest BCUT2D eigenvalue weighted by atomic mass is 14.3. The van der Waals surface area contributed by atoms with Gasteiger partial charge in [0.25, 0.3) is 0 Å². The molecular weight excluding hydrogens is 336 g/mol. The van der Waals surface area contributed by atoms with Crippen molar-refractivity contribution in [2.75, 3.05) is 0 Å². The molecule has 0 fully saturated rings. The van der Waals surface area contributed by atoms with Gasteiger partial charge in [0, 0.05) is 0 Å². The van der Waals surface area contributed by atoms with Crippen molar-refractivity contribution in [2.45, 2.75) is 26.7 Å². The minimum absolute atomic E-state index is 1.09. The van der Waals surface area contributed by atoms with Crippen LogP contribution in [0.2, 0.25) is 0 Å². The lowest BCUT2D eigenvalue weighted by Gasteiger charge is -2.18. The van der Waals surface area contributed by atoms with Gasteiger partial charge in [0.15, 0.2) is 0 Å². The molecule has 0 aromatic heterocycles. The van der Waals surface area contributed by atoms with Crippen LogP contribution in [0.3, 0.4) is 0 Å². The van der Waals surface area contributed by atoms with E-state index in [2.05, 4.69) is 99.3 Å². The molecule has 0 unspecified atom stereocenters. The second kappa shape index (κ2) is 7.86. The van der Waals surface area contributed by atoms with Gasteiger partial charge >= 0.3 is 0 Å². The first-order valence-electron chi connectivity index (χ1n) is 10.0. The third-order valence-corrected chi connectivity index (χ3v) is 5.45. The van der Waals surface area contributed by atoms with Gasteiger partial charge in [0.2, 0.25) is 0 Å². The molecule has 28 heavy (non-hydrogen) atoms. The minimum Gasteiger partial charge on any atom is -0.0990 e. The van der Waals surface area contributed by atoms with E-state index in [9.17, 15) is 0 Å². The zero-order valence-electron chi connectivity index (χ0n) is 16.7. The maximum Gasteiger partial charge on any atom is -0.00297 e. The summed E-state index contributed by atoms with van der Waals surface area (Å²) in [5, 5.41) is 0. The summed E-state index contributed by atoms with van der Waals surface area (Å²) in [4.78, 5) is 0. The fourth-order valence-electron chi connectivity index (χ4n) is 4.31. The second-order valence-electron chi connectivity index (χ2n) is 7.36. The molecule has 138 valence electrons. The van der Waals surface area contributed by atoms with E-state index in [1.54, 1.807) is 0 Å². The van der Waals surface area contributed by atoms with Crippen LogP contribution in [-0.2, 0) is 0 Å². The van der Waals surface area contributed by atoms with E-state index in [0.717, 1.165) is 12.8 Å². The van der Waals surface area contributed by atoms with Crippen molar-refractivity contribution >= 4 is 16.7 Å². The fraction of sp³-hybridized carbons (Fsp3) is 0.143. The lowest BCUT2D eigenvalue weighted by molar-refractivity contribution is 1.01. The van der Waals surface area contributed by atoms with Crippen LogP contribution >= 0.6 is 0 Å². The molecule has 2 aromatic rings. The van der Waals surface area contributed by atoms with Crippen LogP contribution in [0.5, 0.6) is 0 Å². The van der Waals surface area contributed by atoms with Gasteiger partial charge in [0.05, 0.1) is 0 Å². The Morgan fingerprint density at radius 3 is 2.61 bits per heavy atom. The summed E-state index contributed by atoms with van der Waals surface area (Å²) in [6, 6.07) is 17.6. The lowest BCUT2D eigenvalue weighted by Crippen LogP contribution is -1.97. The molecule has 0 heteroatoms. The quantitative estimate of drug-likeness (QED) is 0.489. The largest absolute Gasteiger partial charge is 0.0990 e. The number of fused-ring (bicyclic) bond motifs is 2. The topological polar surface area (TPSA) is 0 Å². The van der Waals surface area contributed by atoms with Crippen molar-refractivity contribution in [1.29, 1.82) is 0 Å². The normalized spacial score (nSPS) is 17.7. The van der Waals surface area contributed by atoms with Crippen molar-refractivity contribution in [3.8, 4) is 0 Å². The highest BCUT2D eigenvalue weighted by Crippen LogP contribution is 2.50. The number of hydrogen-bond acceptors (Lipinski definition) is 0. The molecule has 0 bridgehead atoms. The molecule has 4 rings (SSSR count). The van der Waals surface area contributed by atoms with Gasteiger partial charge in [-0.25, -0.2) is 0 Å². The van der Waals surface area contributed by atoms with Crippen molar-refractivity contribution < 1.29 is 0 Å². The van der Waals surface area contributed by atoms with Gasteiger partial charge in [-0.1, -0.05) is 97.1 Å². The molecule has 2 aromatic carbocycles. The number of allylic oxidation sites excluding steroid dienone is 11. The van der Waals surface area contributed by atoms with E-state index in [4.69, 9.17) is 0 Å². The Morgan fingerprint density at radius 1 is 1.04 bits per heavy atom. The molecule has 2 aliphatic rings. The van der Waals surface area contributed by atoms with Gasteiger partial charge in [-0.05, 0) is 71.2 Å². The molecule has 0 amide bonds. The standard InChI is InChI=1S/C28H26/c1-4-11-21(12-5-2)27(22-13-7-6-8-14-22)28-25-16-10-9-15-23(25)24-18-17-20(3)19-26(24)28/h4-9,11-15,17-19H,1,10,16H2,2-3H3/b12-5-,21-11+,28-27-. The van der Waals surface area contributed by atoms with Crippen molar-refractivity contribution in [2.24, 2.45) is 0 Å². The first kappa shape index (κ1) is 18.3. The predicted molar refractivity (Wildman–Crippen MR) is 123 cm³/mol. The molecule has 0 saturated heterocycles. The molecular formula is C28H26. The average Bonchev–Trinajstić information content (AvgIpc) is 3.03. The van der Waals surface area contributed by atoms with Gasteiger partial charge in [0.1, 0.15) is 0 Å². The Labute approximate surface area is 168 Å². The molecule has 0 radical (unpaired) electrons. The van der Waals surface area contributed by atoms with Crippen LogP contribution in [0.4, 0.5) is 0 Å². The molecule has 2 aliphatic carbocycles. The molecule has 0 atom stereocenters. The number of aryl methyl sites for hydroxylation is 1. The van der Waals surface area contributed by atoms with Crippen molar-refractivity contribution in [3.05, 3.63) is 125 Å². The zero-order chi connectivity index (χ0) is 19.5. The van der Waals surface area contributed by atoms with Crippen LogP contribution in [0.1, 0.15) is 42.0 Å². The van der Waals surface area contributed by atoms with Gasteiger partial charge < -0.3 is 0 Å². The minimum atomic E-state index is 1.09. The van der Waals surface area contributed by atoms with Crippen LogP contribution in [0, 0.1) is 6.92 Å². The van der Waals surface area contributed by atoms with E-state index in [1.165, 1.54) is 50.1 Å². The zero-order valence-corrected chi connectivity index (χ0v) is 16.7. The summed E-state index contributed by atoms with van der Waals surface area (Å²) in [5.41, 5.74) is 12.0. The summed E-state index contributed by atoms with van der Waals surface area (Å²) in [7, 11) is 0. The molecule has 0 spiro atoms. The van der Waals surface area contributed by atoms with Gasteiger partial charge in [-0.15, -0.1) is 0 Å². The Kier molecular flexibility index (Phi) is 5.12. The highest BCUT2D eigenvalue weighted by molar-refractivity contribution is 6.14. The Bertz CT molecular complexity index is 1070. The van der Waals surface area contributed by atoms with Crippen LogP contribution < -0.4 is 0 Å². The van der Waals surface area contributed by atoms with E-state index in [0.29, 0.717) is 0 Å². The molecule has 0 saturated carbocycles. The first-order valence-corrected chi connectivity index (χ1v) is 10.0. The maximum absolute atomic E-state index is 3.97.